The van der Waals surface area contributed by atoms with Crippen LogP contribution in [0.3, 0.4) is 0 Å². The number of thiophene rings is 1. The van der Waals surface area contributed by atoms with Gasteiger partial charge in [0.15, 0.2) is 0 Å². The summed E-state index contributed by atoms with van der Waals surface area (Å²) in [5, 5.41) is 10.2. The number of hydrogen-bond acceptors (Lipinski definition) is 4. The number of anilines is 1. The molecule has 5 rings (SSSR count). The first-order valence-corrected chi connectivity index (χ1v) is 9.98. The Morgan fingerprint density at radius 1 is 1.15 bits per heavy atom. The molecular formula is C21H21N3OS. The molecule has 0 spiro atoms. The van der Waals surface area contributed by atoms with Crippen LogP contribution in [-0.4, -0.2) is 23.9 Å². The average molecular weight is 363 g/mol. The second-order valence-electron chi connectivity index (χ2n) is 6.95. The van der Waals surface area contributed by atoms with Gasteiger partial charge in [0.2, 0.25) is 0 Å². The Hall–Kier alpha value is -2.37. The average Bonchev–Trinajstić information content (AvgIpc) is 3.05. The molecule has 3 heterocycles. The Bertz CT molecular complexity index is 1000. The van der Waals surface area contributed by atoms with Gasteiger partial charge in [-0.1, -0.05) is 49.4 Å². The highest BCUT2D eigenvalue weighted by molar-refractivity contribution is 7.16. The van der Waals surface area contributed by atoms with Crippen molar-refractivity contribution < 1.29 is 4.79 Å². The Balaban J connectivity index is 1.55. The lowest BCUT2D eigenvalue weighted by Gasteiger charge is -2.28. The molecule has 2 aromatic carbocycles. The fraction of sp³-hybridized carbons (Fsp3) is 0.286. The van der Waals surface area contributed by atoms with Gasteiger partial charge in [-0.2, -0.15) is 0 Å². The van der Waals surface area contributed by atoms with Crippen molar-refractivity contribution in [2.24, 2.45) is 0 Å². The maximum Gasteiger partial charge on any atom is 0.256 e. The molecule has 1 amide bonds. The van der Waals surface area contributed by atoms with E-state index in [-0.39, 0.29) is 12.1 Å². The van der Waals surface area contributed by atoms with Gasteiger partial charge < -0.3 is 10.6 Å². The highest BCUT2D eigenvalue weighted by atomic mass is 32.1. The summed E-state index contributed by atoms with van der Waals surface area (Å²) >= 11 is 1.75. The molecule has 2 aliphatic heterocycles. The van der Waals surface area contributed by atoms with E-state index in [1.807, 2.05) is 12.1 Å². The van der Waals surface area contributed by atoms with E-state index < -0.39 is 0 Å². The molecule has 1 atom stereocenters. The molecule has 132 valence electrons. The predicted molar refractivity (Wildman–Crippen MR) is 107 cm³/mol. The first-order chi connectivity index (χ1) is 12.7. The van der Waals surface area contributed by atoms with Gasteiger partial charge in [-0.05, 0) is 29.3 Å². The highest BCUT2D eigenvalue weighted by Gasteiger charge is 2.33. The summed E-state index contributed by atoms with van der Waals surface area (Å²) in [6, 6.07) is 14.6. The van der Waals surface area contributed by atoms with Gasteiger partial charge in [-0.25, -0.2) is 0 Å². The third-order valence-electron chi connectivity index (χ3n) is 5.50. The van der Waals surface area contributed by atoms with Gasteiger partial charge in [0.1, 0.15) is 11.2 Å². The van der Waals surface area contributed by atoms with Crippen molar-refractivity contribution >= 4 is 33.0 Å². The Labute approximate surface area is 156 Å². The monoisotopic (exact) mass is 363 g/mol. The summed E-state index contributed by atoms with van der Waals surface area (Å²) in [6.07, 6.45) is 0.770. The minimum atomic E-state index is -0.191. The van der Waals surface area contributed by atoms with E-state index in [1.165, 1.54) is 21.2 Å². The molecular weight excluding hydrogens is 342 g/mol. The number of carbonyl (C=O) groups is 1. The van der Waals surface area contributed by atoms with E-state index in [1.54, 1.807) is 11.3 Å². The predicted octanol–water partition coefficient (Wildman–Crippen LogP) is 4.13. The van der Waals surface area contributed by atoms with Crippen LogP contribution in [0.1, 0.15) is 39.5 Å². The lowest BCUT2D eigenvalue weighted by Crippen LogP contribution is -2.39. The van der Waals surface area contributed by atoms with Gasteiger partial charge in [-0.3, -0.25) is 9.69 Å². The summed E-state index contributed by atoms with van der Waals surface area (Å²) < 4.78 is 0. The first kappa shape index (κ1) is 15.9. The van der Waals surface area contributed by atoms with Gasteiger partial charge in [0.25, 0.3) is 5.91 Å². The Morgan fingerprint density at radius 3 is 2.88 bits per heavy atom. The van der Waals surface area contributed by atoms with Gasteiger partial charge in [0, 0.05) is 23.5 Å². The summed E-state index contributed by atoms with van der Waals surface area (Å²) in [7, 11) is 0. The standard InChI is InChI=1S/C21H21N3OS/c1-2-24-11-10-16-17(12-24)26-21-18(16)20(25)22-19(23-21)15-9-5-7-13-6-3-4-8-14(13)15/h3-9,19,23H,2,10-12H2,1H3,(H,22,25). The Morgan fingerprint density at radius 2 is 2.00 bits per heavy atom. The summed E-state index contributed by atoms with van der Waals surface area (Å²) in [5.41, 5.74) is 3.23. The molecule has 3 aromatic rings. The van der Waals surface area contributed by atoms with Crippen LogP contribution in [0.4, 0.5) is 5.00 Å². The third kappa shape index (κ3) is 2.42. The number of likely N-dealkylation sites (N-methyl/N-ethyl adjacent to an activating group) is 1. The third-order valence-corrected chi connectivity index (χ3v) is 6.64. The molecule has 26 heavy (non-hydrogen) atoms. The minimum Gasteiger partial charge on any atom is -0.353 e. The molecule has 4 nitrogen and oxygen atoms in total. The highest BCUT2D eigenvalue weighted by Crippen LogP contribution is 2.41. The number of nitrogens with zero attached hydrogens (tertiary/aromatic N) is 1. The number of fused-ring (bicyclic) bond motifs is 4. The smallest absolute Gasteiger partial charge is 0.256 e. The van der Waals surface area contributed by atoms with Gasteiger partial charge in [0.05, 0.1) is 5.56 Å². The largest absolute Gasteiger partial charge is 0.353 e. The normalized spacial score (nSPS) is 19.6. The second-order valence-corrected chi connectivity index (χ2v) is 8.05. The number of nitrogens with one attached hydrogen (secondary N) is 2. The van der Waals surface area contributed by atoms with Crippen LogP contribution in [0.5, 0.6) is 0 Å². The van der Waals surface area contributed by atoms with Crippen molar-refractivity contribution in [2.75, 3.05) is 18.4 Å². The molecule has 1 aromatic heterocycles. The fourth-order valence-corrected chi connectivity index (χ4v) is 5.41. The molecule has 0 saturated heterocycles. The van der Waals surface area contributed by atoms with E-state index in [0.717, 1.165) is 42.2 Å². The van der Waals surface area contributed by atoms with Crippen molar-refractivity contribution in [3.63, 3.8) is 0 Å². The molecule has 0 saturated carbocycles. The zero-order chi connectivity index (χ0) is 17.7. The second kappa shape index (κ2) is 6.11. The van der Waals surface area contributed by atoms with Crippen molar-refractivity contribution in [1.82, 2.24) is 10.2 Å². The van der Waals surface area contributed by atoms with E-state index >= 15 is 0 Å². The van der Waals surface area contributed by atoms with Crippen LogP contribution in [0.25, 0.3) is 10.8 Å². The van der Waals surface area contributed by atoms with E-state index in [0.29, 0.717) is 0 Å². The maximum atomic E-state index is 12.9. The summed E-state index contributed by atoms with van der Waals surface area (Å²) in [4.78, 5) is 16.7. The summed E-state index contributed by atoms with van der Waals surface area (Å²) in [6.45, 7) is 5.24. The molecule has 0 aliphatic carbocycles. The topological polar surface area (TPSA) is 44.4 Å². The maximum absolute atomic E-state index is 12.9. The number of rotatable bonds is 2. The van der Waals surface area contributed by atoms with Crippen molar-refractivity contribution in [3.8, 4) is 0 Å². The van der Waals surface area contributed by atoms with Crippen LogP contribution in [0.15, 0.2) is 42.5 Å². The van der Waals surface area contributed by atoms with Crippen LogP contribution < -0.4 is 10.6 Å². The summed E-state index contributed by atoms with van der Waals surface area (Å²) in [5.74, 6) is 0.0548. The van der Waals surface area contributed by atoms with E-state index in [2.05, 4.69) is 52.8 Å². The molecule has 2 aliphatic rings. The lowest BCUT2D eigenvalue weighted by molar-refractivity contribution is 0.0935. The van der Waals surface area contributed by atoms with Crippen LogP contribution >= 0.6 is 11.3 Å². The van der Waals surface area contributed by atoms with Crippen molar-refractivity contribution in [3.05, 3.63) is 64.0 Å². The molecule has 5 heteroatoms. The van der Waals surface area contributed by atoms with Crippen molar-refractivity contribution in [1.29, 1.82) is 0 Å². The fourth-order valence-electron chi connectivity index (χ4n) is 4.10. The van der Waals surface area contributed by atoms with Gasteiger partial charge >= 0.3 is 0 Å². The van der Waals surface area contributed by atoms with E-state index in [9.17, 15) is 4.79 Å². The number of carbonyl (C=O) groups excluding carboxylic acids is 1. The van der Waals surface area contributed by atoms with Crippen molar-refractivity contribution in [2.45, 2.75) is 26.1 Å². The number of benzene rings is 2. The SMILES string of the molecule is CCN1CCc2c(sc3c2C(=O)NC(c2cccc4ccccc24)N3)C1. The number of amides is 1. The minimum absolute atomic E-state index is 0.0548. The quantitative estimate of drug-likeness (QED) is 0.719. The molecule has 0 radical (unpaired) electrons. The molecule has 1 unspecified atom stereocenters. The van der Waals surface area contributed by atoms with Crippen LogP contribution in [-0.2, 0) is 13.0 Å². The molecule has 2 N–H and O–H groups in total. The van der Waals surface area contributed by atoms with Crippen LogP contribution in [0.2, 0.25) is 0 Å². The lowest BCUT2D eigenvalue weighted by atomic mass is 9.98. The molecule has 0 fully saturated rings. The molecule has 0 bridgehead atoms. The van der Waals surface area contributed by atoms with E-state index in [4.69, 9.17) is 0 Å². The number of hydrogen-bond donors (Lipinski definition) is 2. The zero-order valence-corrected chi connectivity index (χ0v) is 15.5. The first-order valence-electron chi connectivity index (χ1n) is 9.16. The van der Waals surface area contributed by atoms with Crippen LogP contribution in [0, 0.1) is 0 Å². The zero-order valence-electron chi connectivity index (χ0n) is 14.7. The van der Waals surface area contributed by atoms with Gasteiger partial charge in [-0.15, -0.1) is 11.3 Å². The Kier molecular flexibility index (Phi) is 3.72.